The molecule has 3 aromatic rings. The van der Waals surface area contributed by atoms with Crippen LogP contribution in [0.5, 0.6) is 0 Å². The molecular formula is C28H26F4N4O3. The van der Waals surface area contributed by atoms with E-state index in [2.05, 4.69) is 15.8 Å². The number of anilines is 2. The lowest BCUT2D eigenvalue weighted by molar-refractivity contribution is -0.275. The van der Waals surface area contributed by atoms with E-state index >= 15 is 0 Å². The van der Waals surface area contributed by atoms with E-state index in [0.717, 1.165) is 12.1 Å². The van der Waals surface area contributed by atoms with Gasteiger partial charge >= 0.3 is 6.18 Å². The quantitative estimate of drug-likeness (QED) is 0.275. The molecule has 0 saturated carbocycles. The Morgan fingerprint density at radius 1 is 1.05 bits per heavy atom. The first-order valence-electron chi connectivity index (χ1n) is 12.0. The number of nitrogen functional groups attached to an aromatic ring is 1. The zero-order valence-corrected chi connectivity index (χ0v) is 21.3. The molecule has 1 atom stereocenters. The highest BCUT2D eigenvalue weighted by Gasteiger charge is 2.62. The smallest absolute Gasteiger partial charge is 0.398 e. The van der Waals surface area contributed by atoms with Crippen molar-refractivity contribution >= 4 is 28.9 Å². The van der Waals surface area contributed by atoms with Crippen molar-refractivity contribution in [2.45, 2.75) is 45.0 Å². The molecule has 7 nitrogen and oxygen atoms in total. The van der Waals surface area contributed by atoms with E-state index in [9.17, 15) is 27.2 Å². The number of hydrogen-bond donors (Lipinski definition) is 3. The standard InChI is InChI=1S/C28H26F4N4O3/c1-15(2)34-26(38)24-20(5-4-6-21(24)33)25(37)35-22-12-9-18(13-16(22)3)27(28(30,31)32)14-23(36-39-27)17-7-10-19(29)11-8-17/h4-13,15H,14,33H2,1-3H3,(H,34,38)(H,35,37). The van der Waals surface area contributed by atoms with Crippen LogP contribution >= 0.6 is 0 Å². The van der Waals surface area contributed by atoms with E-state index < -0.39 is 35.8 Å². The highest BCUT2D eigenvalue weighted by Crippen LogP contribution is 2.49. The minimum Gasteiger partial charge on any atom is -0.398 e. The first-order chi connectivity index (χ1) is 18.3. The Labute approximate surface area is 222 Å². The molecule has 11 heteroatoms. The number of hydrogen-bond acceptors (Lipinski definition) is 5. The fourth-order valence-corrected chi connectivity index (χ4v) is 4.29. The molecule has 1 aliphatic heterocycles. The van der Waals surface area contributed by atoms with E-state index in [1.54, 1.807) is 13.8 Å². The average Bonchev–Trinajstić information content (AvgIpc) is 3.32. The van der Waals surface area contributed by atoms with E-state index in [-0.39, 0.29) is 39.8 Å². The van der Waals surface area contributed by atoms with Crippen molar-refractivity contribution in [3.05, 3.63) is 94.3 Å². The van der Waals surface area contributed by atoms with Crippen LogP contribution in [0.25, 0.3) is 0 Å². The van der Waals surface area contributed by atoms with E-state index in [4.69, 9.17) is 10.6 Å². The van der Waals surface area contributed by atoms with Crippen LogP contribution in [-0.4, -0.2) is 29.7 Å². The third-order valence-electron chi connectivity index (χ3n) is 6.29. The molecule has 0 radical (unpaired) electrons. The molecule has 1 aliphatic rings. The summed E-state index contributed by atoms with van der Waals surface area (Å²) in [5.41, 5.74) is 4.00. The maximum atomic E-state index is 14.4. The van der Waals surface area contributed by atoms with Gasteiger partial charge in [0.1, 0.15) is 5.82 Å². The summed E-state index contributed by atoms with van der Waals surface area (Å²) in [7, 11) is 0. The van der Waals surface area contributed by atoms with Crippen molar-refractivity contribution in [3.8, 4) is 0 Å². The number of benzene rings is 3. The van der Waals surface area contributed by atoms with Gasteiger partial charge in [0.25, 0.3) is 17.4 Å². The Morgan fingerprint density at radius 3 is 2.36 bits per heavy atom. The van der Waals surface area contributed by atoms with Crippen molar-refractivity contribution in [2.24, 2.45) is 5.16 Å². The molecule has 4 N–H and O–H groups in total. The number of carbonyl (C=O) groups is 2. The van der Waals surface area contributed by atoms with Crippen molar-refractivity contribution in [2.75, 3.05) is 11.1 Å². The van der Waals surface area contributed by atoms with Gasteiger partial charge in [-0.05, 0) is 68.3 Å². The molecule has 39 heavy (non-hydrogen) atoms. The normalized spacial score (nSPS) is 17.0. The lowest BCUT2D eigenvalue weighted by Crippen LogP contribution is -2.42. The van der Waals surface area contributed by atoms with Crippen LogP contribution in [0, 0.1) is 12.7 Å². The molecule has 0 bridgehead atoms. The number of oxime groups is 1. The molecule has 0 aromatic heterocycles. The lowest BCUT2D eigenvalue weighted by Gasteiger charge is -2.30. The number of nitrogens with one attached hydrogen (secondary N) is 2. The molecule has 0 aliphatic carbocycles. The maximum absolute atomic E-state index is 14.4. The second kappa shape index (κ2) is 10.4. The van der Waals surface area contributed by atoms with Gasteiger partial charge in [0.15, 0.2) is 0 Å². The number of nitrogens with two attached hydrogens (primary N) is 1. The third kappa shape index (κ3) is 5.43. The molecule has 0 saturated heterocycles. The van der Waals surface area contributed by atoms with Gasteiger partial charge in [0.2, 0.25) is 0 Å². The zero-order valence-electron chi connectivity index (χ0n) is 21.3. The number of rotatable bonds is 6. The fourth-order valence-electron chi connectivity index (χ4n) is 4.29. The summed E-state index contributed by atoms with van der Waals surface area (Å²) < 4.78 is 56.5. The van der Waals surface area contributed by atoms with Gasteiger partial charge in [0, 0.05) is 29.4 Å². The Morgan fingerprint density at radius 2 is 1.74 bits per heavy atom. The van der Waals surface area contributed by atoms with Crippen molar-refractivity contribution in [1.82, 2.24) is 5.32 Å². The van der Waals surface area contributed by atoms with Gasteiger partial charge in [-0.15, -0.1) is 0 Å². The molecular weight excluding hydrogens is 516 g/mol. The average molecular weight is 543 g/mol. The lowest BCUT2D eigenvalue weighted by atomic mass is 9.85. The Kier molecular flexibility index (Phi) is 7.36. The van der Waals surface area contributed by atoms with Gasteiger partial charge in [-0.25, -0.2) is 4.39 Å². The minimum absolute atomic E-state index is 0.00109. The van der Waals surface area contributed by atoms with Crippen LogP contribution in [-0.2, 0) is 10.4 Å². The van der Waals surface area contributed by atoms with Gasteiger partial charge in [-0.2, -0.15) is 13.2 Å². The summed E-state index contributed by atoms with van der Waals surface area (Å²) >= 11 is 0. The molecule has 0 fully saturated rings. The monoisotopic (exact) mass is 542 g/mol. The maximum Gasteiger partial charge on any atom is 0.435 e. The third-order valence-corrected chi connectivity index (χ3v) is 6.29. The number of aryl methyl sites for hydroxylation is 1. The number of amides is 2. The topological polar surface area (TPSA) is 106 Å². The SMILES string of the molecule is Cc1cc(C2(C(F)(F)F)CC(c3ccc(F)cc3)=NO2)ccc1NC(=O)c1cccc(N)c1C(=O)NC(C)C. The molecule has 3 aromatic carbocycles. The molecule has 1 unspecified atom stereocenters. The number of nitrogens with zero attached hydrogens (tertiary/aromatic N) is 1. The van der Waals surface area contributed by atoms with E-state index in [1.807, 2.05) is 0 Å². The van der Waals surface area contributed by atoms with Crippen molar-refractivity contribution in [1.29, 1.82) is 0 Å². The minimum atomic E-state index is -4.84. The molecule has 2 amide bonds. The van der Waals surface area contributed by atoms with Gasteiger partial charge in [-0.3, -0.25) is 9.59 Å². The van der Waals surface area contributed by atoms with Gasteiger partial charge in [0.05, 0.1) is 16.8 Å². The predicted octanol–water partition coefficient (Wildman–Crippen LogP) is 5.69. The molecule has 4 rings (SSSR count). The van der Waals surface area contributed by atoms with Gasteiger partial charge in [-0.1, -0.05) is 29.4 Å². The van der Waals surface area contributed by atoms with E-state index in [0.29, 0.717) is 11.1 Å². The summed E-state index contributed by atoms with van der Waals surface area (Å²) in [6, 6.07) is 13.0. The summed E-state index contributed by atoms with van der Waals surface area (Å²) in [4.78, 5) is 30.8. The molecule has 0 spiro atoms. The number of halogens is 4. The van der Waals surface area contributed by atoms with Crippen LogP contribution in [0.1, 0.15) is 57.7 Å². The number of alkyl halides is 3. The fraction of sp³-hybridized carbons (Fsp3) is 0.250. The summed E-state index contributed by atoms with van der Waals surface area (Å²) in [6.07, 6.45) is -5.46. The van der Waals surface area contributed by atoms with E-state index in [1.165, 1.54) is 55.5 Å². The van der Waals surface area contributed by atoms with Crippen LogP contribution in [0.3, 0.4) is 0 Å². The van der Waals surface area contributed by atoms with Crippen molar-refractivity contribution < 1.29 is 32.0 Å². The Balaban J connectivity index is 1.62. The first kappa shape index (κ1) is 27.6. The summed E-state index contributed by atoms with van der Waals surface area (Å²) in [5, 5.41) is 9.03. The largest absolute Gasteiger partial charge is 0.435 e. The second-order valence-electron chi connectivity index (χ2n) is 9.52. The van der Waals surface area contributed by atoms with Gasteiger partial charge < -0.3 is 21.2 Å². The highest BCUT2D eigenvalue weighted by atomic mass is 19.4. The number of carbonyl (C=O) groups excluding carboxylic acids is 2. The first-order valence-corrected chi connectivity index (χ1v) is 12.0. The Hall–Kier alpha value is -4.41. The van der Waals surface area contributed by atoms with Crippen LogP contribution in [0.4, 0.5) is 28.9 Å². The predicted molar refractivity (Wildman–Crippen MR) is 139 cm³/mol. The van der Waals surface area contributed by atoms with Crippen molar-refractivity contribution in [3.63, 3.8) is 0 Å². The Bertz CT molecular complexity index is 1450. The van der Waals surface area contributed by atoms with Crippen LogP contribution < -0.4 is 16.4 Å². The molecule has 1 heterocycles. The summed E-state index contributed by atoms with van der Waals surface area (Å²) in [6.45, 7) is 5.06. The highest BCUT2D eigenvalue weighted by molar-refractivity contribution is 6.14. The zero-order chi connectivity index (χ0) is 28.5. The second-order valence-corrected chi connectivity index (χ2v) is 9.52. The molecule has 204 valence electrons. The van der Waals surface area contributed by atoms with Crippen LogP contribution in [0.15, 0.2) is 65.8 Å². The van der Waals surface area contributed by atoms with Crippen LogP contribution in [0.2, 0.25) is 0 Å². The summed E-state index contributed by atoms with van der Waals surface area (Å²) in [5.74, 6) is -1.71.